The van der Waals surface area contributed by atoms with Crippen LogP contribution in [-0.2, 0) is 6.42 Å². The molecule has 0 fully saturated rings. The Kier molecular flexibility index (Phi) is 6.42. The molecule has 0 bridgehead atoms. The van der Waals surface area contributed by atoms with Crippen molar-refractivity contribution < 1.29 is 27.0 Å². The summed E-state index contributed by atoms with van der Waals surface area (Å²) in [5, 5.41) is 1.41. The lowest BCUT2D eigenvalue weighted by Crippen LogP contribution is -2.33. The molecule has 33 heavy (non-hydrogen) atoms. The molecule has 170 valence electrons. The van der Waals surface area contributed by atoms with Crippen LogP contribution >= 0.6 is 11.6 Å². The molecule has 0 aliphatic carbocycles. The molecule has 1 aromatic heterocycles. The minimum absolute atomic E-state index is 0.383. The zero-order valence-corrected chi connectivity index (χ0v) is 18.1. The number of pyridine rings is 1. The first-order valence-electron chi connectivity index (χ1n) is 10.1. The molecule has 1 heterocycles. The number of nitrogens with zero attached hydrogens (tertiary/aromatic N) is 1. The van der Waals surface area contributed by atoms with Gasteiger partial charge >= 0.3 is 12.5 Å². The molecule has 4 rings (SSSR count). The molecule has 0 saturated heterocycles. The van der Waals surface area contributed by atoms with E-state index in [0.29, 0.717) is 33.3 Å². The Morgan fingerprint density at radius 2 is 1.73 bits per heavy atom. The number of fused-ring (bicyclic) bond motifs is 1. The summed E-state index contributed by atoms with van der Waals surface area (Å²) in [4.78, 5) is 4.58. The second-order valence-electron chi connectivity index (χ2n) is 7.22. The SMILES string of the molecule is CCc1cc(Oc2cccc3nc(-c4cccc(OC(F)(F)C(F)F)c4)ccc23)ccc1Cl. The first-order chi connectivity index (χ1) is 15.8. The van der Waals surface area contributed by atoms with Crippen molar-refractivity contribution >= 4 is 22.5 Å². The molecule has 4 aromatic rings. The van der Waals surface area contributed by atoms with Gasteiger partial charge in [-0.2, -0.15) is 17.6 Å². The monoisotopic (exact) mass is 475 g/mol. The lowest BCUT2D eigenvalue weighted by atomic mass is 10.1. The van der Waals surface area contributed by atoms with Gasteiger partial charge in [-0.05, 0) is 66.6 Å². The van der Waals surface area contributed by atoms with Gasteiger partial charge in [-0.15, -0.1) is 0 Å². The second-order valence-corrected chi connectivity index (χ2v) is 7.63. The molecule has 0 amide bonds. The fourth-order valence-corrected chi connectivity index (χ4v) is 3.56. The summed E-state index contributed by atoms with van der Waals surface area (Å²) >= 11 is 6.18. The smallest absolute Gasteiger partial charge is 0.457 e. The molecular formula is C25H18ClF4NO2. The quantitative estimate of drug-likeness (QED) is 0.253. The van der Waals surface area contributed by atoms with Crippen molar-refractivity contribution in [1.29, 1.82) is 0 Å². The maximum absolute atomic E-state index is 13.3. The van der Waals surface area contributed by atoms with E-state index >= 15 is 0 Å². The minimum Gasteiger partial charge on any atom is -0.457 e. The Balaban J connectivity index is 1.64. The van der Waals surface area contributed by atoms with E-state index in [0.717, 1.165) is 17.4 Å². The number of aromatic nitrogens is 1. The highest BCUT2D eigenvalue weighted by molar-refractivity contribution is 6.31. The predicted octanol–water partition coefficient (Wildman–Crippen LogP) is 8.15. The van der Waals surface area contributed by atoms with Gasteiger partial charge in [0.05, 0.1) is 11.2 Å². The summed E-state index contributed by atoms with van der Waals surface area (Å²) in [5.74, 6) is 0.841. The normalized spacial score (nSPS) is 11.7. The van der Waals surface area contributed by atoms with Crippen molar-refractivity contribution in [3.8, 4) is 28.5 Å². The van der Waals surface area contributed by atoms with Crippen molar-refractivity contribution in [2.75, 3.05) is 0 Å². The summed E-state index contributed by atoms with van der Waals surface area (Å²) in [5.41, 5.74) is 2.48. The van der Waals surface area contributed by atoms with Gasteiger partial charge in [-0.1, -0.05) is 36.7 Å². The van der Waals surface area contributed by atoms with Gasteiger partial charge in [0.15, 0.2) is 0 Å². The zero-order valence-electron chi connectivity index (χ0n) is 17.4. The molecule has 0 saturated carbocycles. The van der Waals surface area contributed by atoms with Gasteiger partial charge in [-0.25, -0.2) is 4.98 Å². The highest BCUT2D eigenvalue weighted by Gasteiger charge is 2.44. The number of hydrogen-bond donors (Lipinski definition) is 0. The maximum Gasteiger partial charge on any atom is 0.461 e. The molecule has 3 aromatic carbocycles. The van der Waals surface area contributed by atoms with Crippen LogP contribution in [-0.4, -0.2) is 17.5 Å². The van der Waals surface area contributed by atoms with Crippen molar-refractivity contribution in [2.45, 2.75) is 25.9 Å². The van der Waals surface area contributed by atoms with E-state index in [4.69, 9.17) is 16.3 Å². The Labute approximate surface area is 192 Å². The summed E-state index contributed by atoms with van der Waals surface area (Å²) in [7, 11) is 0. The van der Waals surface area contributed by atoms with E-state index in [1.54, 1.807) is 42.5 Å². The number of ether oxygens (including phenoxy) is 2. The summed E-state index contributed by atoms with van der Waals surface area (Å²) in [6.45, 7) is 2.00. The largest absolute Gasteiger partial charge is 0.461 e. The first-order valence-corrected chi connectivity index (χ1v) is 10.5. The van der Waals surface area contributed by atoms with Gasteiger partial charge in [0.1, 0.15) is 17.2 Å². The molecule has 0 radical (unpaired) electrons. The lowest BCUT2D eigenvalue weighted by molar-refractivity contribution is -0.253. The zero-order chi connectivity index (χ0) is 23.6. The van der Waals surface area contributed by atoms with Crippen molar-refractivity contribution in [1.82, 2.24) is 4.98 Å². The van der Waals surface area contributed by atoms with E-state index in [-0.39, 0.29) is 5.75 Å². The average molecular weight is 476 g/mol. The third-order valence-corrected chi connectivity index (χ3v) is 5.32. The molecule has 0 aliphatic rings. The highest BCUT2D eigenvalue weighted by Crippen LogP contribution is 2.34. The summed E-state index contributed by atoms with van der Waals surface area (Å²) in [6.07, 6.45) is -7.75. The molecule has 8 heteroatoms. The minimum atomic E-state index is -4.58. The van der Waals surface area contributed by atoms with E-state index in [2.05, 4.69) is 9.72 Å². The Morgan fingerprint density at radius 3 is 2.48 bits per heavy atom. The van der Waals surface area contributed by atoms with Crippen LogP contribution < -0.4 is 9.47 Å². The molecule has 0 atom stereocenters. The number of hydrogen-bond acceptors (Lipinski definition) is 3. The number of alkyl halides is 4. The van der Waals surface area contributed by atoms with Crippen LogP contribution in [0.1, 0.15) is 12.5 Å². The van der Waals surface area contributed by atoms with Gasteiger partial charge < -0.3 is 9.47 Å². The van der Waals surface area contributed by atoms with Crippen molar-refractivity contribution in [3.63, 3.8) is 0 Å². The number of benzene rings is 3. The van der Waals surface area contributed by atoms with Crippen molar-refractivity contribution in [2.24, 2.45) is 0 Å². The van der Waals surface area contributed by atoms with Crippen LogP contribution in [0.4, 0.5) is 17.6 Å². The highest BCUT2D eigenvalue weighted by atomic mass is 35.5. The Hall–Kier alpha value is -3.32. The van der Waals surface area contributed by atoms with Crippen LogP contribution in [0.5, 0.6) is 17.2 Å². The van der Waals surface area contributed by atoms with Gasteiger partial charge in [0.2, 0.25) is 0 Å². The van der Waals surface area contributed by atoms with E-state index < -0.39 is 12.5 Å². The van der Waals surface area contributed by atoms with Gasteiger partial charge in [-0.3, -0.25) is 0 Å². The number of halogens is 5. The maximum atomic E-state index is 13.3. The second kappa shape index (κ2) is 9.27. The fourth-order valence-electron chi connectivity index (χ4n) is 3.31. The van der Waals surface area contributed by atoms with Crippen LogP contribution in [0, 0.1) is 0 Å². The molecule has 0 N–H and O–H groups in total. The number of aryl methyl sites for hydroxylation is 1. The van der Waals surface area contributed by atoms with Gasteiger partial charge in [0, 0.05) is 16.0 Å². The summed E-state index contributed by atoms with van der Waals surface area (Å²) in [6, 6.07) is 19.8. The molecular weight excluding hydrogens is 458 g/mol. The molecule has 3 nitrogen and oxygen atoms in total. The predicted molar refractivity (Wildman–Crippen MR) is 120 cm³/mol. The molecule has 0 unspecified atom stereocenters. The summed E-state index contributed by atoms with van der Waals surface area (Å²) < 4.78 is 61.7. The van der Waals surface area contributed by atoms with Crippen LogP contribution in [0.3, 0.4) is 0 Å². The topological polar surface area (TPSA) is 31.4 Å². The standard InChI is InChI=1S/C25H18ClF4NO2/c1-2-15-13-17(9-11-20(15)26)32-23-8-4-7-22-19(23)10-12-21(31-22)16-5-3-6-18(14-16)33-25(29,30)24(27)28/h3-14,24H,2H2,1H3. The molecule has 0 spiro atoms. The van der Waals surface area contributed by atoms with E-state index in [9.17, 15) is 17.6 Å². The molecule has 0 aliphatic heterocycles. The third kappa shape index (κ3) is 5.03. The Bertz CT molecular complexity index is 1300. The number of rotatable bonds is 7. The van der Waals surface area contributed by atoms with Crippen LogP contribution in [0.2, 0.25) is 5.02 Å². The van der Waals surface area contributed by atoms with Crippen LogP contribution in [0.25, 0.3) is 22.2 Å². The van der Waals surface area contributed by atoms with E-state index in [1.165, 1.54) is 18.2 Å². The van der Waals surface area contributed by atoms with Crippen LogP contribution in [0.15, 0.2) is 72.8 Å². The fraction of sp³-hybridized carbons (Fsp3) is 0.160. The Morgan fingerprint density at radius 1 is 0.939 bits per heavy atom. The van der Waals surface area contributed by atoms with Crippen molar-refractivity contribution in [3.05, 3.63) is 83.4 Å². The average Bonchev–Trinajstić information content (AvgIpc) is 2.80. The van der Waals surface area contributed by atoms with E-state index in [1.807, 2.05) is 19.1 Å². The first kappa shape index (κ1) is 22.9. The lowest BCUT2D eigenvalue weighted by Gasteiger charge is -2.17. The third-order valence-electron chi connectivity index (χ3n) is 4.96. The van der Waals surface area contributed by atoms with Gasteiger partial charge in [0.25, 0.3) is 0 Å².